The van der Waals surface area contributed by atoms with Gasteiger partial charge in [-0.25, -0.2) is 9.97 Å². The molecule has 11 nitrogen and oxygen atoms in total. The van der Waals surface area contributed by atoms with Crippen molar-refractivity contribution in [3.8, 4) is 0 Å². The Balaban J connectivity index is 0.922. The quantitative estimate of drug-likeness (QED) is 0.325. The Hall–Kier alpha value is -4.06. The number of nitrogens with zero attached hydrogens (tertiary/aromatic N) is 5. The van der Waals surface area contributed by atoms with E-state index < -0.39 is 17.6 Å². The highest BCUT2D eigenvalue weighted by molar-refractivity contribution is 6.30. The monoisotopic (exact) mass is 657 g/mol. The van der Waals surface area contributed by atoms with Gasteiger partial charge in [-0.05, 0) is 73.4 Å². The normalized spacial score (nSPS) is 21.9. The molecule has 5 heterocycles. The van der Waals surface area contributed by atoms with Gasteiger partial charge in [-0.2, -0.15) is 0 Å². The zero-order chi connectivity index (χ0) is 32.7. The first kappa shape index (κ1) is 31.5. The lowest BCUT2D eigenvalue weighted by molar-refractivity contribution is -0.136. The number of piperidine rings is 3. The van der Waals surface area contributed by atoms with E-state index in [1.165, 1.54) is 16.8 Å². The summed E-state index contributed by atoms with van der Waals surface area (Å²) in [6.45, 7) is 6.74. The van der Waals surface area contributed by atoms with E-state index in [4.69, 9.17) is 11.6 Å². The minimum absolute atomic E-state index is 0.199. The number of imide groups is 1. The molecular formula is C35H40ClN7O4. The molecule has 0 bridgehead atoms. The second-order valence-electron chi connectivity index (χ2n) is 13.3. The topological polar surface area (TPSA) is 131 Å². The molecular weight excluding hydrogens is 618 g/mol. The molecule has 0 saturated carbocycles. The lowest BCUT2D eigenvalue weighted by Crippen LogP contribution is -2.52. The van der Waals surface area contributed by atoms with E-state index in [2.05, 4.69) is 55.5 Å². The smallest absolute Gasteiger partial charge is 0.255 e. The summed E-state index contributed by atoms with van der Waals surface area (Å²) < 4.78 is 0. The van der Waals surface area contributed by atoms with Gasteiger partial charge in [-0.3, -0.25) is 24.6 Å². The predicted molar refractivity (Wildman–Crippen MR) is 178 cm³/mol. The van der Waals surface area contributed by atoms with Gasteiger partial charge in [0.05, 0.1) is 23.0 Å². The van der Waals surface area contributed by atoms with Crippen LogP contribution in [0.25, 0.3) is 0 Å². The number of aliphatic hydroxyl groups is 1. The van der Waals surface area contributed by atoms with Gasteiger partial charge in [0.25, 0.3) is 5.91 Å². The maximum Gasteiger partial charge on any atom is 0.255 e. The fraction of sp³-hybridized carbons (Fsp3) is 0.457. The third kappa shape index (κ3) is 6.57. The Morgan fingerprint density at radius 2 is 1.74 bits per heavy atom. The van der Waals surface area contributed by atoms with Gasteiger partial charge in [0.15, 0.2) is 0 Å². The Morgan fingerprint density at radius 3 is 2.45 bits per heavy atom. The van der Waals surface area contributed by atoms with Crippen LogP contribution in [0.3, 0.4) is 0 Å². The second kappa shape index (κ2) is 12.9. The van der Waals surface area contributed by atoms with Crippen LogP contribution in [0.2, 0.25) is 5.02 Å². The fourth-order valence-electron chi connectivity index (χ4n) is 7.50. The molecule has 0 aliphatic carbocycles. The maximum absolute atomic E-state index is 13.1. The van der Waals surface area contributed by atoms with E-state index in [1.54, 1.807) is 23.4 Å². The largest absolute Gasteiger partial charge is 0.385 e. The highest BCUT2D eigenvalue weighted by atomic mass is 35.5. The minimum atomic E-state index is -0.975. The second-order valence-corrected chi connectivity index (χ2v) is 13.8. The number of aromatic nitrogens is 2. The number of rotatable bonds is 7. The molecule has 1 unspecified atom stereocenters. The van der Waals surface area contributed by atoms with Crippen molar-refractivity contribution < 1.29 is 19.5 Å². The number of hydrogen-bond acceptors (Lipinski definition) is 9. The number of amides is 3. The molecule has 246 valence electrons. The van der Waals surface area contributed by atoms with Gasteiger partial charge < -0.3 is 20.2 Å². The first-order chi connectivity index (χ1) is 22.6. The van der Waals surface area contributed by atoms with E-state index in [1.807, 2.05) is 12.1 Å². The third-order valence-electron chi connectivity index (χ3n) is 10.2. The summed E-state index contributed by atoms with van der Waals surface area (Å²) in [7, 11) is 0. The summed E-state index contributed by atoms with van der Waals surface area (Å²) >= 11 is 5.91. The lowest BCUT2D eigenvalue weighted by atomic mass is 9.83. The van der Waals surface area contributed by atoms with Crippen LogP contribution in [-0.4, -0.2) is 80.9 Å². The van der Waals surface area contributed by atoms with E-state index >= 15 is 0 Å². The van der Waals surface area contributed by atoms with Crippen molar-refractivity contribution in [3.63, 3.8) is 0 Å². The van der Waals surface area contributed by atoms with Gasteiger partial charge in [-0.15, -0.1) is 0 Å². The number of likely N-dealkylation sites (tertiary alicyclic amines) is 1. The molecule has 1 atom stereocenters. The van der Waals surface area contributed by atoms with Crippen LogP contribution in [-0.2, 0) is 28.3 Å². The van der Waals surface area contributed by atoms with Gasteiger partial charge in [-0.1, -0.05) is 35.9 Å². The molecule has 3 amide bonds. The molecule has 7 rings (SSSR count). The Bertz CT molecular complexity index is 1680. The molecule has 3 saturated heterocycles. The van der Waals surface area contributed by atoms with Crippen LogP contribution in [0.1, 0.15) is 71.1 Å². The van der Waals surface area contributed by atoms with Crippen LogP contribution < -0.4 is 15.5 Å². The van der Waals surface area contributed by atoms with Crippen LogP contribution in [0.5, 0.6) is 0 Å². The molecule has 4 aliphatic rings. The first-order valence-electron chi connectivity index (χ1n) is 16.5. The average Bonchev–Trinajstić information content (AvgIpc) is 3.39. The molecule has 0 radical (unpaired) electrons. The molecule has 47 heavy (non-hydrogen) atoms. The number of hydrogen-bond donors (Lipinski definition) is 3. The fourth-order valence-corrected chi connectivity index (χ4v) is 7.59. The van der Waals surface area contributed by atoms with Crippen molar-refractivity contribution in [2.75, 3.05) is 36.4 Å². The SMILES string of the molecule is Cc1cc(CN2CCC(O)(c3ccc4c(c3)CN(C3CCC(=O)NC3=O)C4=O)CC2)ccc1N1CCC(Nc2ncc(Cl)cn2)CC1. The lowest BCUT2D eigenvalue weighted by Gasteiger charge is -2.39. The van der Waals surface area contributed by atoms with Crippen molar-refractivity contribution in [2.24, 2.45) is 0 Å². The molecule has 3 aromatic rings. The van der Waals surface area contributed by atoms with Crippen molar-refractivity contribution in [2.45, 2.75) is 76.2 Å². The molecule has 3 N–H and O–H groups in total. The Labute approximate surface area is 279 Å². The van der Waals surface area contributed by atoms with E-state index in [0.29, 0.717) is 48.4 Å². The van der Waals surface area contributed by atoms with Crippen molar-refractivity contribution >= 4 is 41.0 Å². The number of halogens is 1. The standard InChI is InChI=1S/C35H40ClN7O4/c1-22-16-23(2-5-29(22)42-12-8-27(9-13-42)39-34-37-18-26(36)19-38-34)20-41-14-10-35(47,11-15-41)25-3-4-28-24(17-25)21-43(33(28)46)30-6-7-31(44)40-32(30)45/h2-5,16-19,27,30,47H,6-15,20-21H2,1H3,(H,37,38,39)(H,40,44,45). The number of carbonyl (C=O) groups excluding carboxylic acids is 3. The summed E-state index contributed by atoms with van der Waals surface area (Å²) in [4.78, 5) is 52.0. The van der Waals surface area contributed by atoms with Crippen LogP contribution in [0.4, 0.5) is 11.6 Å². The average molecular weight is 658 g/mol. The van der Waals surface area contributed by atoms with E-state index in [0.717, 1.165) is 56.7 Å². The predicted octanol–water partition coefficient (Wildman–Crippen LogP) is 3.76. The highest BCUT2D eigenvalue weighted by Crippen LogP contribution is 2.37. The van der Waals surface area contributed by atoms with Crippen molar-refractivity contribution in [1.82, 2.24) is 25.1 Å². The number of benzene rings is 2. The third-order valence-corrected chi connectivity index (χ3v) is 10.4. The molecule has 3 fully saturated rings. The number of fused-ring (bicyclic) bond motifs is 1. The van der Waals surface area contributed by atoms with Gasteiger partial charge in [0.1, 0.15) is 6.04 Å². The van der Waals surface area contributed by atoms with Crippen molar-refractivity contribution in [1.29, 1.82) is 0 Å². The zero-order valence-electron chi connectivity index (χ0n) is 26.5. The van der Waals surface area contributed by atoms with Gasteiger partial charge in [0, 0.05) is 63.0 Å². The summed E-state index contributed by atoms with van der Waals surface area (Å²) in [5.41, 5.74) is 5.02. The first-order valence-corrected chi connectivity index (χ1v) is 16.8. The van der Waals surface area contributed by atoms with Crippen molar-refractivity contribution in [3.05, 3.63) is 81.6 Å². The minimum Gasteiger partial charge on any atom is -0.385 e. The summed E-state index contributed by atoms with van der Waals surface area (Å²) in [6, 6.07) is 12.0. The molecule has 4 aliphatic heterocycles. The van der Waals surface area contributed by atoms with Gasteiger partial charge in [0.2, 0.25) is 17.8 Å². The summed E-state index contributed by atoms with van der Waals surface area (Å²) in [5.74, 6) is -0.301. The molecule has 12 heteroatoms. The van der Waals surface area contributed by atoms with Crippen LogP contribution in [0.15, 0.2) is 48.8 Å². The van der Waals surface area contributed by atoms with Crippen LogP contribution in [0, 0.1) is 6.92 Å². The number of nitrogens with one attached hydrogen (secondary N) is 2. The maximum atomic E-state index is 13.1. The molecule has 0 spiro atoms. The Morgan fingerprint density at radius 1 is 1.00 bits per heavy atom. The van der Waals surface area contributed by atoms with E-state index in [-0.39, 0.29) is 18.2 Å². The molecule has 1 aromatic heterocycles. The van der Waals surface area contributed by atoms with E-state index in [9.17, 15) is 19.5 Å². The number of aryl methyl sites for hydroxylation is 1. The number of anilines is 2. The zero-order valence-corrected chi connectivity index (χ0v) is 27.3. The van der Waals surface area contributed by atoms with Gasteiger partial charge >= 0.3 is 0 Å². The van der Waals surface area contributed by atoms with Crippen LogP contribution >= 0.6 is 11.6 Å². The summed E-state index contributed by atoms with van der Waals surface area (Å²) in [5, 5.41) is 18.0. The molecule has 2 aromatic carbocycles. The Kier molecular flexibility index (Phi) is 8.63. The highest BCUT2D eigenvalue weighted by Gasteiger charge is 2.41. The summed E-state index contributed by atoms with van der Waals surface area (Å²) in [6.07, 6.45) is 6.97. The number of carbonyl (C=O) groups is 3.